The van der Waals surface area contributed by atoms with Crippen LogP contribution in [0.25, 0.3) is 22.5 Å². The Kier molecular flexibility index (Phi) is 5.20. The molecule has 2 aliphatic heterocycles. The van der Waals surface area contributed by atoms with Crippen LogP contribution in [-0.4, -0.2) is 48.4 Å². The zero-order valence-electron chi connectivity index (χ0n) is 18.2. The van der Waals surface area contributed by atoms with Crippen molar-refractivity contribution < 1.29 is 18.9 Å². The van der Waals surface area contributed by atoms with Crippen LogP contribution in [0.2, 0.25) is 0 Å². The number of hydrogen-bond donors (Lipinski definition) is 0. The predicted octanol–water partition coefficient (Wildman–Crippen LogP) is 4.53. The van der Waals surface area contributed by atoms with Gasteiger partial charge < -0.3 is 18.9 Å². The molecule has 0 spiro atoms. The van der Waals surface area contributed by atoms with Crippen molar-refractivity contribution in [1.29, 1.82) is 0 Å². The molecule has 0 amide bonds. The van der Waals surface area contributed by atoms with Crippen molar-refractivity contribution in [2.24, 2.45) is 0 Å². The number of rotatable bonds is 8. The summed E-state index contributed by atoms with van der Waals surface area (Å²) < 4.78 is 24.0. The Morgan fingerprint density at radius 3 is 1.77 bits per heavy atom. The lowest BCUT2D eigenvalue weighted by atomic mass is 10.1. The lowest BCUT2D eigenvalue weighted by Gasteiger charge is -2.22. The van der Waals surface area contributed by atoms with Crippen LogP contribution in [0.5, 0.6) is 11.5 Å². The first-order valence-corrected chi connectivity index (χ1v) is 10.8. The van der Waals surface area contributed by atoms with Crippen molar-refractivity contribution in [3.05, 3.63) is 54.6 Å². The molecule has 6 heteroatoms. The second-order valence-corrected chi connectivity index (χ2v) is 9.08. The standard InChI is InChI=1S/C25H28N2O4/c1-25(2,3)27-24(18-6-10-20(11-7-18)29-14-22-16-31-22)12-23(26-27)17-4-8-19(9-5-17)28-13-21-15-30-21/h4-12,21-22H,13-16H2,1-3H3. The van der Waals surface area contributed by atoms with Gasteiger partial charge in [0.15, 0.2) is 0 Å². The molecule has 162 valence electrons. The van der Waals surface area contributed by atoms with Crippen LogP contribution in [0, 0.1) is 0 Å². The summed E-state index contributed by atoms with van der Waals surface area (Å²) in [4.78, 5) is 0. The molecule has 3 aromatic rings. The van der Waals surface area contributed by atoms with Gasteiger partial charge in [0.1, 0.15) is 36.9 Å². The van der Waals surface area contributed by atoms with Gasteiger partial charge in [-0.3, -0.25) is 4.68 Å². The fourth-order valence-corrected chi connectivity index (χ4v) is 3.39. The fourth-order valence-electron chi connectivity index (χ4n) is 3.39. The van der Waals surface area contributed by atoms with E-state index in [1.54, 1.807) is 0 Å². The van der Waals surface area contributed by atoms with Gasteiger partial charge in [-0.25, -0.2) is 0 Å². The molecular weight excluding hydrogens is 392 g/mol. The lowest BCUT2D eigenvalue weighted by Crippen LogP contribution is -2.24. The van der Waals surface area contributed by atoms with Crippen molar-refractivity contribution in [2.75, 3.05) is 26.4 Å². The lowest BCUT2D eigenvalue weighted by molar-refractivity contribution is 0.263. The van der Waals surface area contributed by atoms with Gasteiger partial charge in [-0.1, -0.05) is 0 Å². The third-order valence-electron chi connectivity index (χ3n) is 5.32. The van der Waals surface area contributed by atoms with Crippen molar-refractivity contribution in [2.45, 2.75) is 38.5 Å². The Morgan fingerprint density at radius 1 is 0.839 bits per heavy atom. The topological polar surface area (TPSA) is 61.3 Å². The highest BCUT2D eigenvalue weighted by Gasteiger charge is 2.24. The molecule has 3 heterocycles. The molecule has 0 radical (unpaired) electrons. The average molecular weight is 421 g/mol. The van der Waals surface area contributed by atoms with Gasteiger partial charge in [0.2, 0.25) is 0 Å². The third kappa shape index (κ3) is 4.92. The molecule has 0 saturated carbocycles. The summed E-state index contributed by atoms with van der Waals surface area (Å²) in [5.74, 6) is 1.70. The number of nitrogens with zero attached hydrogens (tertiary/aromatic N) is 2. The Morgan fingerprint density at radius 2 is 1.32 bits per heavy atom. The second-order valence-electron chi connectivity index (χ2n) is 9.08. The maximum atomic E-state index is 5.78. The van der Waals surface area contributed by atoms with E-state index in [-0.39, 0.29) is 17.7 Å². The Labute approximate surface area is 182 Å². The average Bonchev–Trinajstić information content (AvgIpc) is 3.69. The molecular formula is C25H28N2O4. The van der Waals surface area contributed by atoms with E-state index < -0.39 is 0 Å². The normalized spacial score (nSPS) is 19.8. The van der Waals surface area contributed by atoms with Crippen molar-refractivity contribution in [3.8, 4) is 34.0 Å². The van der Waals surface area contributed by atoms with Crippen molar-refractivity contribution in [1.82, 2.24) is 9.78 Å². The molecule has 1 aromatic heterocycles. The van der Waals surface area contributed by atoms with Gasteiger partial charge >= 0.3 is 0 Å². The van der Waals surface area contributed by atoms with Crippen LogP contribution >= 0.6 is 0 Å². The van der Waals surface area contributed by atoms with E-state index in [1.165, 1.54) is 0 Å². The van der Waals surface area contributed by atoms with Crippen LogP contribution in [0.15, 0.2) is 54.6 Å². The van der Waals surface area contributed by atoms with Crippen LogP contribution in [0.3, 0.4) is 0 Å². The second kappa shape index (κ2) is 8.02. The van der Waals surface area contributed by atoms with Crippen LogP contribution in [0.4, 0.5) is 0 Å². The molecule has 2 fully saturated rings. The van der Waals surface area contributed by atoms with E-state index in [9.17, 15) is 0 Å². The minimum absolute atomic E-state index is 0.153. The highest BCUT2D eigenvalue weighted by atomic mass is 16.6. The summed E-state index contributed by atoms with van der Waals surface area (Å²) in [6.07, 6.45) is 0.506. The minimum atomic E-state index is -0.153. The van der Waals surface area contributed by atoms with Crippen molar-refractivity contribution in [3.63, 3.8) is 0 Å². The molecule has 31 heavy (non-hydrogen) atoms. The van der Waals surface area contributed by atoms with Gasteiger partial charge in [-0.15, -0.1) is 0 Å². The predicted molar refractivity (Wildman–Crippen MR) is 119 cm³/mol. The van der Waals surface area contributed by atoms with E-state index in [2.05, 4.69) is 55.8 Å². The molecule has 2 aliphatic rings. The molecule has 0 aliphatic carbocycles. The fraction of sp³-hybridized carbons (Fsp3) is 0.400. The third-order valence-corrected chi connectivity index (χ3v) is 5.32. The van der Waals surface area contributed by atoms with Crippen molar-refractivity contribution >= 4 is 0 Å². The molecule has 2 atom stereocenters. The molecule has 2 unspecified atom stereocenters. The number of hydrogen-bond acceptors (Lipinski definition) is 5. The number of epoxide rings is 2. The molecule has 5 rings (SSSR count). The maximum absolute atomic E-state index is 5.78. The summed E-state index contributed by atoms with van der Waals surface area (Å²) >= 11 is 0. The van der Waals surface area contributed by atoms with Crippen LogP contribution in [-0.2, 0) is 15.0 Å². The largest absolute Gasteiger partial charge is 0.491 e. The Balaban J connectivity index is 1.38. The molecule has 0 bridgehead atoms. The van der Waals surface area contributed by atoms with E-state index in [0.717, 1.165) is 47.2 Å². The quantitative estimate of drug-likeness (QED) is 0.501. The smallest absolute Gasteiger partial charge is 0.119 e. The highest BCUT2D eigenvalue weighted by Crippen LogP contribution is 2.32. The van der Waals surface area contributed by atoms with Gasteiger partial charge in [0.05, 0.1) is 30.1 Å². The summed E-state index contributed by atoms with van der Waals surface area (Å²) in [5.41, 5.74) is 4.02. The molecule has 2 aromatic carbocycles. The van der Waals surface area contributed by atoms with E-state index in [0.29, 0.717) is 13.2 Å². The summed E-state index contributed by atoms with van der Waals surface area (Å²) in [6.45, 7) is 9.30. The number of benzene rings is 2. The Bertz CT molecular complexity index is 1030. The zero-order valence-corrected chi connectivity index (χ0v) is 18.2. The van der Waals surface area contributed by atoms with E-state index >= 15 is 0 Å². The molecule has 6 nitrogen and oxygen atoms in total. The van der Waals surface area contributed by atoms with E-state index in [1.807, 2.05) is 24.3 Å². The van der Waals surface area contributed by atoms with E-state index in [4.69, 9.17) is 24.0 Å². The first-order valence-electron chi connectivity index (χ1n) is 10.8. The highest BCUT2D eigenvalue weighted by molar-refractivity contribution is 5.69. The van der Waals surface area contributed by atoms with Crippen LogP contribution < -0.4 is 9.47 Å². The summed E-state index contributed by atoms with van der Waals surface area (Å²) in [6, 6.07) is 18.4. The first kappa shape index (κ1) is 20.1. The molecule has 2 saturated heterocycles. The monoisotopic (exact) mass is 420 g/mol. The number of aromatic nitrogens is 2. The van der Waals surface area contributed by atoms with Gasteiger partial charge in [0.25, 0.3) is 0 Å². The SMILES string of the molecule is CC(C)(C)n1nc(-c2ccc(OCC3CO3)cc2)cc1-c1ccc(OCC2CO2)cc1. The number of ether oxygens (including phenoxy) is 4. The van der Waals surface area contributed by atoms with Crippen LogP contribution in [0.1, 0.15) is 20.8 Å². The summed E-state index contributed by atoms with van der Waals surface area (Å²) in [7, 11) is 0. The van der Waals surface area contributed by atoms with Gasteiger partial charge in [0, 0.05) is 11.1 Å². The first-order chi connectivity index (χ1) is 15.0. The van der Waals surface area contributed by atoms with Gasteiger partial charge in [-0.05, 0) is 75.4 Å². The molecule has 0 N–H and O–H groups in total. The zero-order chi connectivity index (χ0) is 21.4. The summed E-state index contributed by atoms with van der Waals surface area (Å²) in [5, 5.41) is 4.94. The minimum Gasteiger partial charge on any atom is -0.491 e. The maximum Gasteiger partial charge on any atom is 0.119 e. The Hall–Kier alpha value is -2.83. The van der Waals surface area contributed by atoms with Gasteiger partial charge in [-0.2, -0.15) is 5.10 Å².